The summed E-state index contributed by atoms with van der Waals surface area (Å²) in [6.45, 7) is 3.76. The van der Waals surface area contributed by atoms with Crippen LogP contribution >= 0.6 is 0 Å². The van der Waals surface area contributed by atoms with Crippen LogP contribution in [0.2, 0.25) is 0 Å². The molecule has 84 valence electrons. The van der Waals surface area contributed by atoms with Crippen LogP contribution in [0.4, 0.5) is 11.5 Å². The Kier molecular flexibility index (Phi) is 3.36. The van der Waals surface area contributed by atoms with E-state index in [1.54, 1.807) is 12.1 Å². The summed E-state index contributed by atoms with van der Waals surface area (Å²) in [5, 5.41) is 12.2. The van der Waals surface area contributed by atoms with Gasteiger partial charge in [-0.1, -0.05) is 0 Å². The Morgan fingerprint density at radius 2 is 2.20 bits per heavy atom. The first kappa shape index (κ1) is 11.6. The Labute approximate surface area is 89.3 Å². The Hall–Kier alpha value is -1.49. The Morgan fingerprint density at radius 3 is 2.73 bits per heavy atom. The zero-order valence-corrected chi connectivity index (χ0v) is 9.24. The Morgan fingerprint density at radius 1 is 1.53 bits per heavy atom. The highest BCUT2D eigenvalue weighted by Gasteiger charge is 2.16. The van der Waals surface area contributed by atoms with Crippen LogP contribution in [0.1, 0.15) is 13.8 Å². The molecule has 0 amide bonds. The third-order valence-electron chi connectivity index (χ3n) is 1.94. The van der Waals surface area contributed by atoms with E-state index in [2.05, 4.69) is 10.3 Å². The average Bonchev–Trinajstić information content (AvgIpc) is 2.20. The van der Waals surface area contributed by atoms with E-state index in [1.807, 2.05) is 13.8 Å². The van der Waals surface area contributed by atoms with Gasteiger partial charge in [-0.15, -0.1) is 0 Å². The number of aliphatic hydroxyl groups excluding tert-OH is 1. The molecule has 1 aromatic rings. The van der Waals surface area contributed by atoms with Crippen molar-refractivity contribution in [2.75, 3.05) is 24.8 Å². The van der Waals surface area contributed by atoms with Gasteiger partial charge in [0.1, 0.15) is 5.82 Å². The molecule has 0 saturated heterocycles. The minimum absolute atomic E-state index is 0.0152. The van der Waals surface area contributed by atoms with Crippen molar-refractivity contribution in [3.05, 3.63) is 12.1 Å². The van der Waals surface area contributed by atoms with Gasteiger partial charge in [-0.25, -0.2) is 0 Å². The molecule has 0 radical (unpaired) electrons. The van der Waals surface area contributed by atoms with E-state index in [-0.39, 0.29) is 6.61 Å². The molecule has 0 unspecified atom stereocenters. The number of pyridine rings is 1. The van der Waals surface area contributed by atoms with Crippen molar-refractivity contribution >= 4 is 11.5 Å². The van der Waals surface area contributed by atoms with E-state index in [0.29, 0.717) is 17.4 Å². The van der Waals surface area contributed by atoms with Crippen LogP contribution < -0.4 is 15.8 Å². The number of hydrogen-bond acceptors (Lipinski definition) is 5. The molecule has 0 aromatic carbocycles. The summed E-state index contributed by atoms with van der Waals surface area (Å²) >= 11 is 0. The highest BCUT2D eigenvalue weighted by atomic mass is 16.5. The average molecular weight is 211 g/mol. The summed E-state index contributed by atoms with van der Waals surface area (Å²) in [7, 11) is 1.51. The third kappa shape index (κ3) is 2.99. The van der Waals surface area contributed by atoms with Crippen molar-refractivity contribution in [1.82, 2.24) is 4.98 Å². The summed E-state index contributed by atoms with van der Waals surface area (Å²) in [6.07, 6.45) is 0. The van der Waals surface area contributed by atoms with Crippen LogP contribution in [0.5, 0.6) is 5.88 Å². The second-order valence-electron chi connectivity index (χ2n) is 3.96. The van der Waals surface area contributed by atoms with Crippen LogP contribution in [-0.2, 0) is 0 Å². The first-order valence-electron chi connectivity index (χ1n) is 4.68. The predicted octanol–water partition coefficient (Wildman–Crippen LogP) is 0.855. The summed E-state index contributed by atoms with van der Waals surface area (Å²) in [6, 6.07) is 3.46. The SMILES string of the molecule is COc1nc(NC(C)(C)CO)ccc1N. The topological polar surface area (TPSA) is 80.4 Å². The molecule has 5 heteroatoms. The van der Waals surface area contributed by atoms with Crippen LogP contribution in [-0.4, -0.2) is 29.3 Å². The number of rotatable bonds is 4. The molecule has 0 aliphatic rings. The van der Waals surface area contributed by atoms with E-state index in [9.17, 15) is 0 Å². The number of nitrogens with one attached hydrogen (secondary N) is 1. The van der Waals surface area contributed by atoms with Gasteiger partial charge in [-0.05, 0) is 26.0 Å². The standard InChI is InChI=1S/C10H17N3O2/c1-10(2,6-14)13-8-5-4-7(11)9(12-8)15-3/h4-5,14H,6,11H2,1-3H3,(H,12,13). The molecule has 0 fully saturated rings. The minimum atomic E-state index is -0.422. The van der Waals surface area contributed by atoms with Gasteiger partial charge < -0.3 is 20.9 Å². The van der Waals surface area contributed by atoms with Crippen molar-refractivity contribution < 1.29 is 9.84 Å². The lowest BCUT2D eigenvalue weighted by Crippen LogP contribution is -2.35. The molecule has 0 spiro atoms. The van der Waals surface area contributed by atoms with Crippen LogP contribution in [0.15, 0.2) is 12.1 Å². The van der Waals surface area contributed by atoms with E-state index in [1.165, 1.54) is 7.11 Å². The van der Waals surface area contributed by atoms with Gasteiger partial charge >= 0.3 is 0 Å². The van der Waals surface area contributed by atoms with Gasteiger partial charge in [0.2, 0.25) is 5.88 Å². The molecular formula is C10H17N3O2. The van der Waals surface area contributed by atoms with E-state index in [0.717, 1.165) is 0 Å². The lowest BCUT2D eigenvalue weighted by Gasteiger charge is -2.24. The zero-order valence-electron chi connectivity index (χ0n) is 9.24. The van der Waals surface area contributed by atoms with Gasteiger partial charge in [0.05, 0.1) is 24.9 Å². The Balaban J connectivity index is 2.87. The second kappa shape index (κ2) is 4.35. The third-order valence-corrected chi connectivity index (χ3v) is 1.94. The molecule has 0 aliphatic heterocycles. The number of methoxy groups -OCH3 is 1. The maximum Gasteiger partial charge on any atom is 0.238 e. The molecule has 0 aliphatic carbocycles. The Bertz CT molecular complexity index is 339. The fourth-order valence-corrected chi connectivity index (χ4v) is 1.07. The lowest BCUT2D eigenvalue weighted by atomic mass is 10.1. The highest BCUT2D eigenvalue weighted by Crippen LogP contribution is 2.22. The molecule has 1 rings (SSSR count). The number of hydrogen-bond donors (Lipinski definition) is 3. The van der Waals surface area contributed by atoms with Gasteiger partial charge in [-0.3, -0.25) is 0 Å². The summed E-state index contributed by atoms with van der Waals surface area (Å²) < 4.78 is 5.00. The largest absolute Gasteiger partial charge is 0.479 e. The number of anilines is 2. The van der Waals surface area contributed by atoms with Crippen LogP contribution in [0.3, 0.4) is 0 Å². The molecule has 0 bridgehead atoms. The summed E-state index contributed by atoms with van der Waals surface area (Å²) in [4.78, 5) is 4.15. The van der Waals surface area contributed by atoms with Gasteiger partial charge in [0.15, 0.2) is 0 Å². The molecule has 0 saturated carbocycles. The van der Waals surface area contributed by atoms with Gasteiger partial charge in [0, 0.05) is 0 Å². The molecule has 5 nitrogen and oxygen atoms in total. The normalized spacial score (nSPS) is 11.2. The minimum Gasteiger partial charge on any atom is -0.479 e. The number of nitrogen functional groups attached to an aromatic ring is 1. The van der Waals surface area contributed by atoms with Crippen molar-refractivity contribution in [3.63, 3.8) is 0 Å². The number of nitrogens with two attached hydrogens (primary N) is 1. The van der Waals surface area contributed by atoms with E-state index in [4.69, 9.17) is 15.6 Å². The number of nitrogens with zero attached hydrogens (tertiary/aromatic N) is 1. The maximum atomic E-state index is 9.09. The summed E-state index contributed by atoms with van der Waals surface area (Å²) in [5.41, 5.74) is 5.70. The molecule has 15 heavy (non-hydrogen) atoms. The molecule has 0 atom stereocenters. The predicted molar refractivity (Wildman–Crippen MR) is 60.0 cm³/mol. The molecular weight excluding hydrogens is 194 g/mol. The van der Waals surface area contributed by atoms with Crippen molar-refractivity contribution in [2.45, 2.75) is 19.4 Å². The second-order valence-corrected chi connectivity index (χ2v) is 3.96. The lowest BCUT2D eigenvalue weighted by molar-refractivity contribution is 0.233. The van der Waals surface area contributed by atoms with Crippen LogP contribution in [0.25, 0.3) is 0 Å². The zero-order chi connectivity index (χ0) is 11.5. The molecule has 4 N–H and O–H groups in total. The number of ether oxygens (including phenoxy) is 1. The van der Waals surface area contributed by atoms with Crippen molar-refractivity contribution in [2.24, 2.45) is 0 Å². The fraction of sp³-hybridized carbons (Fsp3) is 0.500. The highest BCUT2D eigenvalue weighted by molar-refractivity contribution is 5.54. The first-order valence-corrected chi connectivity index (χ1v) is 4.68. The van der Waals surface area contributed by atoms with Gasteiger partial charge in [-0.2, -0.15) is 4.98 Å². The van der Waals surface area contributed by atoms with Crippen LogP contribution in [0, 0.1) is 0 Å². The molecule has 1 heterocycles. The quantitative estimate of drug-likeness (QED) is 0.688. The van der Waals surface area contributed by atoms with E-state index < -0.39 is 5.54 Å². The fourth-order valence-electron chi connectivity index (χ4n) is 1.07. The van der Waals surface area contributed by atoms with Crippen molar-refractivity contribution in [3.8, 4) is 5.88 Å². The smallest absolute Gasteiger partial charge is 0.238 e. The molecule has 1 aromatic heterocycles. The number of aliphatic hydroxyl groups is 1. The van der Waals surface area contributed by atoms with Crippen molar-refractivity contribution in [1.29, 1.82) is 0 Å². The number of aromatic nitrogens is 1. The maximum absolute atomic E-state index is 9.09. The van der Waals surface area contributed by atoms with Gasteiger partial charge in [0.25, 0.3) is 0 Å². The monoisotopic (exact) mass is 211 g/mol. The van der Waals surface area contributed by atoms with E-state index >= 15 is 0 Å². The first-order chi connectivity index (χ1) is 6.98. The summed E-state index contributed by atoms with van der Waals surface area (Å²) in [5.74, 6) is 1.01.